The van der Waals surface area contributed by atoms with Gasteiger partial charge in [-0.15, -0.1) is 0 Å². The largest absolute Gasteiger partial charge is 0.478 e. The number of amides is 1. The summed E-state index contributed by atoms with van der Waals surface area (Å²) in [7, 11) is 0. The second kappa shape index (κ2) is 3.96. The minimum absolute atomic E-state index is 0.0337. The van der Waals surface area contributed by atoms with Gasteiger partial charge in [0, 0.05) is 20.0 Å². The Bertz CT molecular complexity index is 454. The van der Waals surface area contributed by atoms with Crippen LogP contribution in [0.25, 0.3) is 0 Å². The first-order chi connectivity index (χ1) is 7.58. The molecule has 2 rings (SSSR count). The second-order valence-electron chi connectivity index (χ2n) is 3.98. The van der Waals surface area contributed by atoms with E-state index < -0.39 is 5.97 Å². The topological polar surface area (TPSA) is 57.6 Å². The van der Waals surface area contributed by atoms with Crippen molar-refractivity contribution in [3.8, 4) is 0 Å². The summed E-state index contributed by atoms with van der Waals surface area (Å²) in [6.07, 6.45) is 0.800. The number of carboxylic acids is 1. The van der Waals surface area contributed by atoms with E-state index in [4.69, 9.17) is 5.11 Å². The van der Waals surface area contributed by atoms with E-state index in [9.17, 15) is 9.59 Å². The first kappa shape index (κ1) is 10.7. The van der Waals surface area contributed by atoms with Crippen LogP contribution < -0.4 is 0 Å². The van der Waals surface area contributed by atoms with Crippen molar-refractivity contribution in [2.24, 2.45) is 0 Å². The maximum atomic E-state index is 11.2. The van der Waals surface area contributed by atoms with E-state index in [1.807, 2.05) is 6.07 Å². The molecule has 0 bridgehead atoms. The van der Waals surface area contributed by atoms with E-state index in [1.54, 1.807) is 17.0 Å². The van der Waals surface area contributed by atoms with Crippen molar-refractivity contribution in [3.05, 3.63) is 34.9 Å². The first-order valence-electron chi connectivity index (χ1n) is 5.18. The van der Waals surface area contributed by atoms with E-state index in [-0.39, 0.29) is 11.5 Å². The van der Waals surface area contributed by atoms with Crippen molar-refractivity contribution >= 4 is 11.9 Å². The molecule has 1 aliphatic rings. The summed E-state index contributed by atoms with van der Waals surface area (Å²) in [4.78, 5) is 23.8. The minimum atomic E-state index is -0.928. The summed E-state index contributed by atoms with van der Waals surface area (Å²) in [5.74, 6) is -0.894. The third kappa shape index (κ3) is 1.91. The predicted molar refractivity (Wildman–Crippen MR) is 58.2 cm³/mol. The molecule has 1 heterocycles. The van der Waals surface area contributed by atoms with Crippen LogP contribution in [0.3, 0.4) is 0 Å². The van der Waals surface area contributed by atoms with Gasteiger partial charge < -0.3 is 10.0 Å². The third-order valence-electron chi connectivity index (χ3n) is 2.91. The quantitative estimate of drug-likeness (QED) is 0.774. The van der Waals surface area contributed by atoms with Gasteiger partial charge in [-0.3, -0.25) is 4.79 Å². The van der Waals surface area contributed by atoms with Crippen molar-refractivity contribution in [3.63, 3.8) is 0 Å². The van der Waals surface area contributed by atoms with Gasteiger partial charge in [0.2, 0.25) is 5.91 Å². The SMILES string of the molecule is CC(=O)N1CCc2ccc(C(=O)O)cc2C1. The number of carbonyl (C=O) groups is 2. The lowest BCUT2D eigenvalue weighted by Crippen LogP contribution is -2.34. The van der Waals surface area contributed by atoms with Crippen molar-refractivity contribution in [1.82, 2.24) is 4.90 Å². The fraction of sp³-hybridized carbons (Fsp3) is 0.333. The number of carboxylic acid groups (broad SMARTS) is 1. The molecule has 0 saturated heterocycles. The first-order valence-corrected chi connectivity index (χ1v) is 5.18. The third-order valence-corrected chi connectivity index (χ3v) is 2.91. The summed E-state index contributed by atoms with van der Waals surface area (Å²) >= 11 is 0. The molecule has 84 valence electrons. The molecule has 1 aromatic carbocycles. The fourth-order valence-corrected chi connectivity index (χ4v) is 1.96. The molecular formula is C12H13NO3. The molecule has 0 fully saturated rings. The molecule has 4 nitrogen and oxygen atoms in total. The second-order valence-corrected chi connectivity index (χ2v) is 3.98. The number of benzene rings is 1. The van der Waals surface area contributed by atoms with E-state index in [0.717, 1.165) is 24.1 Å². The van der Waals surface area contributed by atoms with Crippen LogP contribution in [0.5, 0.6) is 0 Å². The Balaban J connectivity index is 2.32. The monoisotopic (exact) mass is 219 g/mol. The summed E-state index contributed by atoms with van der Waals surface area (Å²) in [5, 5.41) is 8.88. The van der Waals surface area contributed by atoms with Crippen LogP contribution in [-0.4, -0.2) is 28.4 Å². The number of hydrogen-bond donors (Lipinski definition) is 1. The lowest BCUT2D eigenvalue weighted by atomic mass is 9.97. The molecule has 0 saturated carbocycles. The smallest absolute Gasteiger partial charge is 0.335 e. The number of nitrogens with zero attached hydrogens (tertiary/aromatic N) is 1. The number of fused-ring (bicyclic) bond motifs is 1. The van der Waals surface area contributed by atoms with Crippen molar-refractivity contribution in [2.45, 2.75) is 19.9 Å². The lowest BCUT2D eigenvalue weighted by molar-refractivity contribution is -0.129. The molecule has 16 heavy (non-hydrogen) atoms. The predicted octanol–water partition coefficient (Wildman–Crippen LogP) is 1.29. The van der Waals surface area contributed by atoms with Gasteiger partial charge in [-0.2, -0.15) is 0 Å². The van der Waals surface area contributed by atoms with Crippen molar-refractivity contribution in [1.29, 1.82) is 0 Å². The minimum Gasteiger partial charge on any atom is -0.478 e. The zero-order valence-corrected chi connectivity index (χ0v) is 9.06. The average Bonchev–Trinajstić information content (AvgIpc) is 2.27. The molecule has 1 amide bonds. The molecule has 0 atom stereocenters. The van der Waals surface area contributed by atoms with Crippen LogP contribution in [0.1, 0.15) is 28.4 Å². The van der Waals surface area contributed by atoms with Gasteiger partial charge in [-0.1, -0.05) is 6.07 Å². The number of hydrogen-bond acceptors (Lipinski definition) is 2. The number of aromatic carboxylic acids is 1. The van der Waals surface area contributed by atoms with E-state index in [2.05, 4.69) is 0 Å². The molecule has 0 radical (unpaired) electrons. The highest BCUT2D eigenvalue weighted by Crippen LogP contribution is 2.20. The Morgan fingerprint density at radius 1 is 1.31 bits per heavy atom. The molecule has 1 N–H and O–H groups in total. The van der Waals surface area contributed by atoms with Gasteiger partial charge in [0.15, 0.2) is 0 Å². The van der Waals surface area contributed by atoms with Gasteiger partial charge in [-0.05, 0) is 29.7 Å². The summed E-state index contributed by atoms with van der Waals surface area (Å²) in [6, 6.07) is 5.12. The van der Waals surface area contributed by atoms with Gasteiger partial charge in [0.1, 0.15) is 0 Å². The Labute approximate surface area is 93.5 Å². The van der Waals surface area contributed by atoms with Crippen molar-refractivity contribution in [2.75, 3.05) is 6.54 Å². The van der Waals surface area contributed by atoms with Crippen molar-refractivity contribution < 1.29 is 14.7 Å². The average molecular weight is 219 g/mol. The Hall–Kier alpha value is -1.84. The molecular weight excluding hydrogens is 206 g/mol. The highest BCUT2D eigenvalue weighted by molar-refractivity contribution is 5.88. The van der Waals surface area contributed by atoms with E-state index in [0.29, 0.717) is 6.54 Å². The molecule has 0 spiro atoms. The maximum absolute atomic E-state index is 11.2. The Kier molecular flexibility index (Phi) is 2.64. The molecule has 1 aliphatic heterocycles. The maximum Gasteiger partial charge on any atom is 0.335 e. The normalized spacial score (nSPS) is 14.4. The van der Waals surface area contributed by atoms with Gasteiger partial charge in [0.25, 0.3) is 0 Å². The zero-order valence-electron chi connectivity index (χ0n) is 9.06. The summed E-state index contributed by atoms with van der Waals surface area (Å²) in [5.41, 5.74) is 2.37. The van der Waals surface area contributed by atoms with Crippen LogP contribution in [0.15, 0.2) is 18.2 Å². The van der Waals surface area contributed by atoms with Crippen LogP contribution in [0.4, 0.5) is 0 Å². The molecule has 1 aromatic rings. The van der Waals surface area contributed by atoms with Gasteiger partial charge in [-0.25, -0.2) is 4.79 Å². The molecule has 0 unspecified atom stereocenters. The standard InChI is InChI=1S/C12H13NO3/c1-8(14)13-5-4-9-2-3-10(12(15)16)6-11(9)7-13/h2-3,6H,4-5,7H2,1H3,(H,15,16). The highest BCUT2D eigenvalue weighted by Gasteiger charge is 2.19. The van der Waals surface area contributed by atoms with Crippen LogP contribution in [0, 0.1) is 0 Å². The fourth-order valence-electron chi connectivity index (χ4n) is 1.96. The zero-order chi connectivity index (χ0) is 11.7. The number of carbonyl (C=O) groups excluding carboxylic acids is 1. The molecule has 0 aliphatic carbocycles. The van der Waals surface area contributed by atoms with E-state index in [1.165, 1.54) is 6.92 Å². The van der Waals surface area contributed by atoms with E-state index >= 15 is 0 Å². The molecule has 4 heteroatoms. The van der Waals surface area contributed by atoms with Crippen LogP contribution in [0.2, 0.25) is 0 Å². The van der Waals surface area contributed by atoms with Gasteiger partial charge >= 0.3 is 5.97 Å². The Morgan fingerprint density at radius 2 is 2.06 bits per heavy atom. The summed E-state index contributed by atoms with van der Waals surface area (Å²) in [6.45, 7) is 2.77. The molecule has 0 aromatic heterocycles. The highest BCUT2D eigenvalue weighted by atomic mass is 16.4. The number of rotatable bonds is 1. The van der Waals surface area contributed by atoms with Crippen LogP contribution in [-0.2, 0) is 17.8 Å². The summed E-state index contributed by atoms with van der Waals surface area (Å²) < 4.78 is 0. The van der Waals surface area contributed by atoms with Gasteiger partial charge in [0.05, 0.1) is 5.56 Å². The lowest BCUT2D eigenvalue weighted by Gasteiger charge is -2.28. The van der Waals surface area contributed by atoms with Crippen LogP contribution >= 0.6 is 0 Å². The Morgan fingerprint density at radius 3 is 2.69 bits per heavy atom.